The summed E-state index contributed by atoms with van der Waals surface area (Å²) in [4.78, 5) is 0. The van der Waals surface area contributed by atoms with Crippen LogP contribution in [0.5, 0.6) is 0 Å². The minimum Gasteiger partial charge on any atom is -0.330 e. The van der Waals surface area contributed by atoms with E-state index in [1.165, 1.54) is 0 Å². The molecule has 0 aliphatic carbocycles. The van der Waals surface area contributed by atoms with Gasteiger partial charge in [-0.15, -0.1) is 0 Å². The van der Waals surface area contributed by atoms with Gasteiger partial charge in [0, 0.05) is 12.6 Å². The lowest BCUT2D eigenvalue weighted by Crippen LogP contribution is -2.02. The highest BCUT2D eigenvalue weighted by atomic mass is 35.5. The molecule has 0 unspecified atom stereocenters. The average Bonchev–Trinajstić information content (AvgIpc) is 2.20. The van der Waals surface area contributed by atoms with Crippen molar-refractivity contribution in [3.05, 3.63) is 16.9 Å². The highest BCUT2D eigenvalue weighted by molar-refractivity contribution is 6.30. The van der Waals surface area contributed by atoms with Crippen LogP contribution in [0.4, 0.5) is 0 Å². The third kappa shape index (κ3) is 1.30. The molecule has 0 atom stereocenters. The minimum atomic E-state index is 0.616. The normalized spacial score (nSPS) is 10.3. The third-order valence-electron chi connectivity index (χ3n) is 1.35. The third-order valence-corrected chi connectivity index (χ3v) is 1.84. The number of hydrogen-bond acceptors (Lipinski definition) is 2. The molecule has 1 rings (SSSR count). The van der Waals surface area contributed by atoms with E-state index in [1.807, 2.05) is 7.05 Å². The Balaban J connectivity index is 2.83. The molecule has 0 radical (unpaired) electrons. The van der Waals surface area contributed by atoms with Crippen molar-refractivity contribution in [2.24, 2.45) is 12.8 Å². The molecule has 1 aromatic rings. The van der Waals surface area contributed by atoms with E-state index in [0.29, 0.717) is 11.7 Å². The second kappa shape index (κ2) is 3.03. The molecule has 3 nitrogen and oxygen atoms in total. The molecule has 0 bridgehead atoms. The van der Waals surface area contributed by atoms with Gasteiger partial charge in [0.2, 0.25) is 0 Å². The first-order chi connectivity index (χ1) is 4.75. The van der Waals surface area contributed by atoms with Crippen LogP contribution in [0.2, 0.25) is 5.15 Å². The summed E-state index contributed by atoms with van der Waals surface area (Å²) >= 11 is 5.83. The Morgan fingerprint density at radius 2 is 2.50 bits per heavy atom. The predicted molar refractivity (Wildman–Crippen MR) is 41.0 cm³/mol. The van der Waals surface area contributed by atoms with Crippen molar-refractivity contribution in [3.63, 3.8) is 0 Å². The monoisotopic (exact) mass is 159 g/mol. The summed E-state index contributed by atoms with van der Waals surface area (Å²) in [6.07, 6.45) is 2.54. The van der Waals surface area contributed by atoms with Crippen LogP contribution >= 0.6 is 11.6 Å². The fourth-order valence-electron chi connectivity index (χ4n) is 0.791. The first kappa shape index (κ1) is 7.57. The van der Waals surface area contributed by atoms with E-state index in [1.54, 1.807) is 10.9 Å². The van der Waals surface area contributed by atoms with E-state index in [-0.39, 0.29) is 0 Å². The molecule has 4 heteroatoms. The number of nitrogens with two attached hydrogens (primary N) is 1. The van der Waals surface area contributed by atoms with Gasteiger partial charge in [0.05, 0.1) is 6.20 Å². The number of aromatic nitrogens is 2. The second-order valence-corrected chi connectivity index (χ2v) is 2.48. The van der Waals surface area contributed by atoms with Crippen molar-refractivity contribution in [2.45, 2.75) is 6.42 Å². The summed E-state index contributed by atoms with van der Waals surface area (Å²) in [5.41, 5.74) is 6.36. The smallest absolute Gasteiger partial charge is 0.129 e. The van der Waals surface area contributed by atoms with Gasteiger partial charge in [0.1, 0.15) is 5.15 Å². The van der Waals surface area contributed by atoms with E-state index in [9.17, 15) is 0 Å². The fourth-order valence-corrected chi connectivity index (χ4v) is 0.978. The quantitative estimate of drug-likeness (QED) is 0.686. The van der Waals surface area contributed by atoms with Gasteiger partial charge in [-0.3, -0.25) is 4.68 Å². The summed E-state index contributed by atoms with van der Waals surface area (Å²) in [6, 6.07) is 0. The lowest BCUT2D eigenvalue weighted by molar-refractivity contribution is 0.767. The number of aryl methyl sites for hydroxylation is 1. The van der Waals surface area contributed by atoms with E-state index in [0.717, 1.165) is 12.0 Å². The average molecular weight is 160 g/mol. The lowest BCUT2D eigenvalue weighted by atomic mass is 10.3. The van der Waals surface area contributed by atoms with Gasteiger partial charge in [0.25, 0.3) is 0 Å². The standard InChI is InChI=1S/C6H10ClN3/c1-10-6(7)5(2-3-8)4-9-10/h4H,2-3,8H2,1H3. The van der Waals surface area contributed by atoms with Gasteiger partial charge < -0.3 is 5.73 Å². The molecule has 0 fully saturated rings. The molecule has 10 heavy (non-hydrogen) atoms. The SMILES string of the molecule is Cn1ncc(CCN)c1Cl. The van der Waals surface area contributed by atoms with Crippen molar-refractivity contribution < 1.29 is 0 Å². The van der Waals surface area contributed by atoms with Crippen molar-refractivity contribution in [2.75, 3.05) is 6.54 Å². The largest absolute Gasteiger partial charge is 0.330 e. The van der Waals surface area contributed by atoms with Crippen LogP contribution in [0.15, 0.2) is 6.20 Å². The molecule has 0 aliphatic heterocycles. The maximum Gasteiger partial charge on any atom is 0.129 e. The van der Waals surface area contributed by atoms with E-state index < -0.39 is 0 Å². The Bertz CT molecular complexity index is 219. The first-order valence-electron chi connectivity index (χ1n) is 3.12. The van der Waals surface area contributed by atoms with E-state index in [4.69, 9.17) is 17.3 Å². The number of rotatable bonds is 2. The molecule has 1 aromatic heterocycles. The maximum atomic E-state index is 5.83. The van der Waals surface area contributed by atoms with Crippen LogP contribution in [0.3, 0.4) is 0 Å². The van der Waals surface area contributed by atoms with Gasteiger partial charge in [0.15, 0.2) is 0 Å². The van der Waals surface area contributed by atoms with Crippen LogP contribution < -0.4 is 5.73 Å². The van der Waals surface area contributed by atoms with Crippen LogP contribution in [0.25, 0.3) is 0 Å². The zero-order chi connectivity index (χ0) is 7.56. The van der Waals surface area contributed by atoms with Gasteiger partial charge in [-0.05, 0) is 13.0 Å². The predicted octanol–water partition coefficient (Wildman–Crippen LogP) is 0.575. The minimum absolute atomic E-state index is 0.616. The van der Waals surface area contributed by atoms with Crippen LogP contribution in [0, 0.1) is 0 Å². The summed E-state index contributed by atoms with van der Waals surface area (Å²) < 4.78 is 1.63. The first-order valence-corrected chi connectivity index (χ1v) is 3.50. The highest BCUT2D eigenvalue weighted by Crippen LogP contribution is 2.13. The molecule has 0 aromatic carbocycles. The summed E-state index contributed by atoms with van der Waals surface area (Å²) in [6.45, 7) is 0.616. The zero-order valence-corrected chi connectivity index (χ0v) is 6.60. The molecule has 0 aliphatic rings. The van der Waals surface area contributed by atoms with Crippen LogP contribution in [-0.4, -0.2) is 16.3 Å². The van der Waals surface area contributed by atoms with Crippen LogP contribution in [0.1, 0.15) is 5.56 Å². The topological polar surface area (TPSA) is 43.8 Å². The van der Waals surface area contributed by atoms with Crippen molar-refractivity contribution in [1.82, 2.24) is 9.78 Å². The number of halogens is 1. The highest BCUT2D eigenvalue weighted by Gasteiger charge is 2.02. The number of hydrogen-bond donors (Lipinski definition) is 1. The van der Waals surface area contributed by atoms with Gasteiger partial charge in [-0.2, -0.15) is 5.10 Å². The molecule has 0 amide bonds. The molecule has 0 saturated heterocycles. The lowest BCUT2D eigenvalue weighted by Gasteiger charge is -1.93. The van der Waals surface area contributed by atoms with Gasteiger partial charge in [-0.1, -0.05) is 11.6 Å². The van der Waals surface area contributed by atoms with Gasteiger partial charge in [-0.25, -0.2) is 0 Å². The molecule has 2 N–H and O–H groups in total. The Kier molecular flexibility index (Phi) is 2.29. The fraction of sp³-hybridized carbons (Fsp3) is 0.500. The Morgan fingerprint density at radius 3 is 2.90 bits per heavy atom. The zero-order valence-electron chi connectivity index (χ0n) is 5.84. The Labute approximate surface area is 64.8 Å². The second-order valence-electron chi connectivity index (χ2n) is 2.12. The molecular formula is C6H10ClN3. The Morgan fingerprint density at radius 1 is 1.80 bits per heavy atom. The number of nitrogens with zero attached hydrogens (tertiary/aromatic N) is 2. The van der Waals surface area contributed by atoms with Crippen LogP contribution in [-0.2, 0) is 13.5 Å². The molecule has 1 heterocycles. The molecular weight excluding hydrogens is 150 g/mol. The van der Waals surface area contributed by atoms with Crippen molar-refractivity contribution in [3.8, 4) is 0 Å². The van der Waals surface area contributed by atoms with E-state index >= 15 is 0 Å². The maximum absolute atomic E-state index is 5.83. The molecule has 56 valence electrons. The summed E-state index contributed by atoms with van der Waals surface area (Å²) in [7, 11) is 1.81. The Hall–Kier alpha value is -0.540. The van der Waals surface area contributed by atoms with E-state index in [2.05, 4.69) is 5.10 Å². The summed E-state index contributed by atoms with van der Waals surface area (Å²) in [5.74, 6) is 0. The van der Waals surface area contributed by atoms with Crippen molar-refractivity contribution >= 4 is 11.6 Å². The molecule has 0 spiro atoms. The van der Waals surface area contributed by atoms with Crippen molar-refractivity contribution in [1.29, 1.82) is 0 Å². The van der Waals surface area contributed by atoms with Gasteiger partial charge >= 0.3 is 0 Å². The molecule has 0 saturated carbocycles. The summed E-state index contributed by atoms with van der Waals surface area (Å²) in [5, 5.41) is 4.65.